The number of thiophene rings is 1. The average Bonchev–Trinajstić information content (AvgIpc) is 2.62. The van der Waals surface area contributed by atoms with E-state index in [0.717, 1.165) is 18.7 Å². The highest BCUT2D eigenvalue weighted by Gasteiger charge is 2.19. The van der Waals surface area contributed by atoms with Crippen LogP contribution in [0.3, 0.4) is 0 Å². The largest absolute Gasteiger partial charge is 0.206 e. The fraction of sp³-hybridized carbons (Fsp3) is 0.0909. The number of hydrogen-bond acceptors (Lipinski definition) is 1. The number of hydrogen-bond donors (Lipinski definition) is 0. The number of halogens is 5. The number of benzene rings is 1. The van der Waals surface area contributed by atoms with E-state index in [1.807, 2.05) is 12.1 Å². The zero-order chi connectivity index (χ0) is 12.6. The maximum atomic E-state index is 13.4. The summed E-state index contributed by atoms with van der Waals surface area (Å²) in [6, 6.07) is 6.80. The molecule has 0 N–H and O–H groups in total. The highest BCUT2D eigenvalue weighted by Crippen LogP contribution is 2.42. The molecule has 6 heteroatoms. The molecule has 1 heterocycles. The molecule has 90 valence electrons. The Kier molecular flexibility index (Phi) is 4.69. The second-order valence-corrected chi connectivity index (χ2v) is 7.76. The molecule has 1 atom stereocenters. The topological polar surface area (TPSA) is 0 Å². The third kappa shape index (κ3) is 2.95. The number of rotatable bonds is 2. The van der Waals surface area contributed by atoms with Crippen LogP contribution in [0.15, 0.2) is 37.0 Å². The molecular weight excluding hydrogens is 458 g/mol. The summed E-state index contributed by atoms with van der Waals surface area (Å²) in [7, 11) is 0. The normalized spacial score (nSPS) is 12.8. The zero-order valence-corrected chi connectivity index (χ0v) is 14.5. The molecule has 0 radical (unpaired) electrons. The van der Waals surface area contributed by atoms with Gasteiger partial charge in [-0.05, 0) is 65.5 Å². The minimum atomic E-state index is -0.368. The van der Waals surface area contributed by atoms with Crippen molar-refractivity contribution in [2.45, 2.75) is 5.38 Å². The molecule has 0 nitrogen and oxygen atoms in total. The molecule has 0 spiro atoms. The molecule has 1 unspecified atom stereocenters. The number of alkyl halides is 1. The van der Waals surface area contributed by atoms with Gasteiger partial charge in [0.2, 0.25) is 0 Å². The third-order valence-corrected chi connectivity index (χ3v) is 6.93. The molecule has 17 heavy (non-hydrogen) atoms. The predicted molar refractivity (Wildman–Crippen MR) is 81.5 cm³/mol. The van der Waals surface area contributed by atoms with E-state index in [2.05, 4.69) is 47.8 Å². The molecule has 2 aromatic rings. The lowest BCUT2D eigenvalue weighted by molar-refractivity contribution is 0.618. The van der Waals surface area contributed by atoms with E-state index < -0.39 is 0 Å². The predicted octanol–water partition coefficient (Wildman–Crippen LogP) is 6.50. The zero-order valence-electron chi connectivity index (χ0n) is 8.18. The van der Waals surface area contributed by atoms with Crippen molar-refractivity contribution in [1.29, 1.82) is 0 Å². The Hall–Kier alpha value is 0.580. The second-order valence-electron chi connectivity index (χ2n) is 3.28. The average molecular weight is 463 g/mol. The summed E-state index contributed by atoms with van der Waals surface area (Å²) in [5.74, 6) is -0.303. The summed E-state index contributed by atoms with van der Waals surface area (Å²) in [4.78, 5) is 0.955. The van der Waals surface area contributed by atoms with Crippen molar-refractivity contribution in [2.75, 3.05) is 0 Å². The summed E-state index contributed by atoms with van der Waals surface area (Å²) < 4.78 is 15.8. The van der Waals surface area contributed by atoms with Gasteiger partial charge in [-0.25, -0.2) is 4.39 Å². The molecular formula is C11H5Br3ClFS. The van der Waals surface area contributed by atoms with Crippen LogP contribution in [0.2, 0.25) is 0 Å². The van der Waals surface area contributed by atoms with E-state index in [0.29, 0.717) is 4.47 Å². The van der Waals surface area contributed by atoms with Gasteiger partial charge in [-0.3, -0.25) is 0 Å². The minimum absolute atomic E-state index is 0.303. The Bertz CT molecular complexity index is 536. The van der Waals surface area contributed by atoms with Gasteiger partial charge in [0.15, 0.2) is 0 Å². The first-order valence-electron chi connectivity index (χ1n) is 4.53. The first-order valence-corrected chi connectivity index (χ1v) is 8.16. The van der Waals surface area contributed by atoms with Gasteiger partial charge in [0.25, 0.3) is 0 Å². The van der Waals surface area contributed by atoms with Gasteiger partial charge < -0.3 is 0 Å². The van der Waals surface area contributed by atoms with Crippen LogP contribution in [0, 0.1) is 5.82 Å². The molecule has 0 aliphatic heterocycles. The Morgan fingerprint density at radius 2 is 1.94 bits per heavy atom. The Morgan fingerprint density at radius 3 is 2.53 bits per heavy atom. The fourth-order valence-electron chi connectivity index (χ4n) is 1.36. The van der Waals surface area contributed by atoms with E-state index in [-0.39, 0.29) is 11.2 Å². The fourth-order valence-corrected chi connectivity index (χ4v) is 4.45. The van der Waals surface area contributed by atoms with Crippen LogP contribution < -0.4 is 0 Å². The van der Waals surface area contributed by atoms with Gasteiger partial charge in [0.05, 0.1) is 13.6 Å². The van der Waals surface area contributed by atoms with Crippen LogP contribution in [0.4, 0.5) is 4.39 Å². The molecule has 1 aromatic carbocycles. The van der Waals surface area contributed by atoms with Crippen molar-refractivity contribution in [3.05, 3.63) is 53.3 Å². The lowest BCUT2D eigenvalue weighted by atomic mass is 10.1. The smallest absolute Gasteiger partial charge is 0.137 e. The Labute approximate surface area is 133 Å². The maximum absolute atomic E-state index is 13.4. The van der Waals surface area contributed by atoms with Crippen molar-refractivity contribution in [2.24, 2.45) is 0 Å². The van der Waals surface area contributed by atoms with Gasteiger partial charge in [-0.2, -0.15) is 0 Å². The lowest BCUT2D eigenvalue weighted by Gasteiger charge is -2.10. The Balaban J connectivity index is 2.43. The first kappa shape index (κ1) is 14.0. The van der Waals surface area contributed by atoms with E-state index >= 15 is 0 Å². The van der Waals surface area contributed by atoms with Crippen molar-refractivity contribution in [3.63, 3.8) is 0 Å². The molecule has 1 aromatic heterocycles. The standard InChI is InChI=1S/C11H5Br3ClFS/c12-6-4-8(17-11(6)14)10(15)5-2-1-3-7(16)9(5)13/h1-4,10H. The summed E-state index contributed by atoms with van der Waals surface area (Å²) in [5, 5.41) is -0.368. The van der Waals surface area contributed by atoms with Crippen molar-refractivity contribution in [3.8, 4) is 0 Å². The molecule has 0 bridgehead atoms. The molecule has 0 amide bonds. The van der Waals surface area contributed by atoms with E-state index in [4.69, 9.17) is 11.6 Å². The Morgan fingerprint density at radius 1 is 1.24 bits per heavy atom. The summed E-state index contributed by atoms with van der Waals surface area (Å²) in [6.45, 7) is 0. The van der Waals surface area contributed by atoms with Crippen LogP contribution in [0.25, 0.3) is 0 Å². The first-order chi connectivity index (χ1) is 8.00. The van der Waals surface area contributed by atoms with Crippen LogP contribution in [-0.4, -0.2) is 0 Å². The van der Waals surface area contributed by atoms with Gasteiger partial charge in [0, 0.05) is 9.35 Å². The highest BCUT2D eigenvalue weighted by molar-refractivity contribution is 9.13. The summed E-state index contributed by atoms with van der Waals surface area (Å²) in [5.41, 5.74) is 0.730. The van der Waals surface area contributed by atoms with Crippen molar-refractivity contribution < 1.29 is 4.39 Å². The minimum Gasteiger partial charge on any atom is -0.206 e. The third-order valence-electron chi connectivity index (χ3n) is 2.17. The molecule has 0 saturated carbocycles. The molecule has 2 rings (SSSR count). The molecule has 0 fully saturated rings. The van der Waals surface area contributed by atoms with E-state index in [1.165, 1.54) is 17.4 Å². The van der Waals surface area contributed by atoms with Crippen LogP contribution in [0.1, 0.15) is 15.8 Å². The maximum Gasteiger partial charge on any atom is 0.137 e. The van der Waals surface area contributed by atoms with Gasteiger partial charge in [0.1, 0.15) is 5.82 Å². The van der Waals surface area contributed by atoms with Crippen molar-refractivity contribution >= 4 is 70.7 Å². The van der Waals surface area contributed by atoms with Crippen molar-refractivity contribution in [1.82, 2.24) is 0 Å². The monoisotopic (exact) mass is 460 g/mol. The highest BCUT2D eigenvalue weighted by atomic mass is 79.9. The van der Waals surface area contributed by atoms with Crippen LogP contribution in [0.5, 0.6) is 0 Å². The SMILES string of the molecule is Fc1cccc(C(Cl)c2cc(Br)c(Br)s2)c1Br. The van der Waals surface area contributed by atoms with E-state index in [9.17, 15) is 4.39 Å². The quantitative estimate of drug-likeness (QED) is 0.446. The lowest BCUT2D eigenvalue weighted by Crippen LogP contribution is -1.93. The van der Waals surface area contributed by atoms with Gasteiger partial charge >= 0.3 is 0 Å². The molecule has 0 aliphatic carbocycles. The summed E-state index contributed by atoms with van der Waals surface area (Å²) in [6.07, 6.45) is 0. The van der Waals surface area contributed by atoms with Gasteiger partial charge in [-0.1, -0.05) is 12.1 Å². The molecule has 0 aliphatic rings. The van der Waals surface area contributed by atoms with E-state index in [1.54, 1.807) is 6.07 Å². The van der Waals surface area contributed by atoms with Gasteiger partial charge in [-0.15, -0.1) is 22.9 Å². The van der Waals surface area contributed by atoms with Crippen LogP contribution in [-0.2, 0) is 0 Å². The summed E-state index contributed by atoms with van der Waals surface area (Å²) >= 11 is 17.9. The van der Waals surface area contributed by atoms with Crippen LogP contribution >= 0.6 is 70.7 Å². The molecule has 0 saturated heterocycles. The second kappa shape index (κ2) is 5.70.